The average molecular weight is 596 g/mol. The molecule has 2 atom stereocenters. The molecule has 3 aromatic rings. The first-order valence-electron chi connectivity index (χ1n) is 12.7. The standard InChI is InChI=1S/C29H29F4NO6S/c1-18(20-13-14-24(30)22-10-6-5-9-21(20)22)34(27(35)39-28(2,3)4)16-15-19-17-26(40-41(36,37)29(31,32)33)23-11-7-8-12-25(23)38-19/h5-14,17-19H,15-16H2,1-4H3/t18-,19+/m1/s1. The highest BCUT2D eigenvalue weighted by molar-refractivity contribution is 7.87. The second-order valence-corrected chi connectivity index (χ2v) is 12.0. The van der Waals surface area contributed by atoms with Crippen LogP contribution >= 0.6 is 0 Å². The Balaban J connectivity index is 1.66. The van der Waals surface area contributed by atoms with Crippen molar-refractivity contribution in [3.63, 3.8) is 0 Å². The number of hydrogen-bond acceptors (Lipinski definition) is 6. The molecule has 220 valence electrons. The Bertz CT molecular complexity index is 1580. The number of carbonyl (C=O) groups is 1. The summed E-state index contributed by atoms with van der Waals surface area (Å²) in [6.07, 6.45) is -0.451. The fourth-order valence-corrected chi connectivity index (χ4v) is 4.93. The summed E-state index contributed by atoms with van der Waals surface area (Å²) in [7, 11) is -5.94. The minimum atomic E-state index is -5.94. The van der Waals surface area contributed by atoms with Crippen molar-refractivity contribution in [3.8, 4) is 5.75 Å². The van der Waals surface area contributed by atoms with Gasteiger partial charge in [0.15, 0.2) is 5.76 Å². The van der Waals surface area contributed by atoms with Crippen LogP contribution in [0.5, 0.6) is 5.75 Å². The van der Waals surface area contributed by atoms with E-state index in [2.05, 4.69) is 4.18 Å². The molecule has 0 saturated carbocycles. The van der Waals surface area contributed by atoms with Crippen LogP contribution in [0.15, 0.2) is 66.7 Å². The minimum absolute atomic E-state index is 0.00951. The molecule has 41 heavy (non-hydrogen) atoms. The summed E-state index contributed by atoms with van der Waals surface area (Å²) >= 11 is 0. The van der Waals surface area contributed by atoms with E-state index in [1.54, 1.807) is 64.1 Å². The fraction of sp³-hybridized carbons (Fsp3) is 0.345. The van der Waals surface area contributed by atoms with E-state index in [0.717, 1.165) is 6.08 Å². The zero-order valence-electron chi connectivity index (χ0n) is 22.7. The van der Waals surface area contributed by atoms with Gasteiger partial charge in [-0.15, -0.1) is 0 Å². The molecule has 0 aromatic heterocycles. The van der Waals surface area contributed by atoms with E-state index in [4.69, 9.17) is 9.47 Å². The Kier molecular flexibility index (Phi) is 8.26. The van der Waals surface area contributed by atoms with E-state index in [1.165, 1.54) is 29.2 Å². The lowest BCUT2D eigenvalue weighted by atomic mass is 9.98. The predicted molar refractivity (Wildman–Crippen MR) is 145 cm³/mol. The number of ether oxygens (including phenoxy) is 2. The maximum atomic E-state index is 14.5. The van der Waals surface area contributed by atoms with E-state index in [-0.39, 0.29) is 24.3 Å². The Morgan fingerprint density at radius 2 is 1.63 bits per heavy atom. The number of hydrogen-bond donors (Lipinski definition) is 0. The second-order valence-electron chi connectivity index (χ2n) is 10.5. The first-order valence-corrected chi connectivity index (χ1v) is 14.1. The first-order chi connectivity index (χ1) is 19.1. The largest absolute Gasteiger partial charge is 0.534 e. The third-order valence-electron chi connectivity index (χ3n) is 6.36. The van der Waals surface area contributed by atoms with Crippen molar-refractivity contribution in [2.24, 2.45) is 0 Å². The maximum absolute atomic E-state index is 14.5. The summed E-state index contributed by atoms with van der Waals surface area (Å²) < 4.78 is 93.3. The van der Waals surface area contributed by atoms with Crippen LogP contribution in [0.4, 0.5) is 22.4 Å². The molecule has 1 amide bonds. The molecule has 3 aromatic carbocycles. The number of alkyl halides is 3. The molecule has 0 unspecified atom stereocenters. The molecular formula is C29H29F4NO6S. The maximum Gasteiger partial charge on any atom is 0.534 e. The lowest BCUT2D eigenvalue weighted by Crippen LogP contribution is -2.40. The third-order valence-corrected chi connectivity index (χ3v) is 7.32. The quantitative estimate of drug-likeness (QED) is 0.162. The van der Waals surface area contributed by atoms with Gasteiger partial charge in [-0.25, -0.2) is 9.18 Å². The van der Waals surface area contributed by atoms with E-state index in [9.17, 15) is 30.8 Å². The molecule has 0 radical (unpaired) electrons. The highest BCUT2D eigenvalue weighted by Crippen LogP contribution is 2.38. The van der Waals surface area contributed by atoms with E-state index < -0.39 is 51.0 Å². The van der Waals surface area contributed by atoms with Crippen LogP contribution in [0.25, 0.3) is 16.5 Å². The van der Waals surface area contributed by atoms with Crippen LogP contribution in [0.2, 0.25) is 0 Å². The Labute approximate surface area is 235 Å². The zero-order chi connectivity index (χ0) is 30.2. The summed E-state index contributed by atoms with van der Waals surface area (Å²) in [5, 5.41) is 0.980. The van der Waals surface area contributed by atoms with Gasteiger partial charge >= 0.3 is 21.7 Å². The number of benzene rings is 3. The van der Waals surface area contributed by atoms with Crippen molar-refractivity contribution < 1.29 is 44.4 Å². The van der Waals surface area contributed by atoms with E-state index in [0.29, 0.717) is 16.3 Å². The van der Waals surface area contributed by atoms with Crippen molar-refractivity contribution in [2.75, 3.05) is 6.54 Å². The molecule has 0 fully saturated rings. The molecule has 0 saturated heterocycles. The van der Waals surface area contributed by atoms with Gasteiger partial charge < -0.3 is 18.6 Å². The Hall–Kier alpha value is -3.80. The Morgan fingerprint density at radius 3 is 2.29 bits per heavy atom. The monoisotopic (exact) mass is 595 g/mol. The van der Waals surface area contributed by atoms with Crippen LogP contribution in [-0.2, 0) is 19.0 Å². The number of carbonyl (C=O) groups excluding carboxylic acids is 1. The fourth-order valence-electron chi connectivity index (χ4n) is 4.46. The first kappa shape index (κ1) is 30.2. The van der Waals surface area contributed by atoms with Crippen LogP contribution in [0, 0.1) is 5.82 Å². The summed E-state index contributed by atoms with van der Waals surface area (Å²) in [4.78, 5) is 14.8. The molecule has 1 aliphatic heterocycles. The molecule has 0 N–H and O–H groups in total. The van der Waals surface area contributed by atoms with Gasteiger partial charge in [-0.1, -0.05) is 42.5 Å². The van der Waals surface area contributed by atoms with Crippen molar-refractivity contribution in [1.29, 1.82) is 0 Å². The normalized spacial score (nSPS) is 16.3. The van der Waals surface area contributed by atoms with Gasteiger partial charge in [0.25, 0.3) is 0 Å². The average Bonchev–Trinajstić information content (AvgIpc) is 2.87. The number of para-hydroxylation sites is 1. The summed E-state index contributed by atoms with van der Waals surface area (Å²) in [6.45, 7) is 6.85. The van der Waals surface area contributed by atoms with Crippen LogP contribution in [-0.4, -0.2) is 43.2 Å². The minimum Gasteiger partial charge on any atom is -0.485 e. The second kappa shape index (κ2) is 11.2. The summed E-state index contributed by atoms with van der Waals surface area (Å²) in [5.74, 6) is -0.828. The van der Waals surface area contributed by atoms with Crippen molar-refractivity contribution >= 4 is 32.7 Å². The van der Waals surface area contributed by atoms with Gasteiger partial charge in [-0.05, 0) is 56.8 Å². The predicted octanol–water partition coefficient (Wildman–Crippen LogP) is 7.34. The molecular weight excluding hydrogens is 566 g/mol. The lowest BCUT2D eigenvalue weighted by Gasteiger charge is -2.34. The number of halogens is 4. The molecule has 4 rings (SSSR count). The SMILES string of the molecule is C[C@H](c1ccc(F)c2ccccc12)N(CC[C@H]1C=C(OS(=O)(=O)C(F)(F)F)c2ccccc2O1)C(=O)OC(C)(C)C. The Morgan fingerprint density at radius 1 is 1.00 bits per heavy atom. The van der Waals surface area contributed by atoms with Crippen LogP contribution in [0.1, 0.15) is 51.3 Å². The molecule has 1 heterocycles. The smallest absolute Gasteiger partial charge is 0.485 e. The number of nitrogens with zero attached hydrogens (tertiary/aromatic N) is 1. The molecule has 7 nitrogen and oxygen atoms in total. The third kappa shape index (κ3) is 6.75. The number of amides is 1. The highest BCUT2D eigenvalue weighted by atomic mass is 32.2. The topological polar surface area (TPSA) is 82.1 Å². The van der Waals surface area contributed by atoms with Crippen LogP contribution in [0.3, 0.4) is 0 Å². The summed E-state index contributed by atoms with van der Waals surface area (Å²) in [5.41, 5.74) is -5.78. The number of fused-ring (bicyclic) bond motifs is 2. The molecule has 0 bridgehead atoms. The van der Waals surface area contributed by atoms with Crippen molar-refractivity contribution in [1.82, 2.24) is 4.90 Å². The van der Waals surface area contributed by atoms with Gasteiger partial charge in [-0.3, -0.25) is 0 Å². The van der Waals surface area contributed by atoms with Gasteiger partial charge in [0, 0.05) is 24.4 Å². The zero-order valence-corrected chi connectivity index (χ0v) is 23.6. The highest BCUT2D eigenvalue weighted by Gasteiger charge is 2.49. The summed E-state index contributed by atoms with van der Waals surface area (Å²) in [6, 6.07) is 15.0. The van der Waals surface area contributed by atoms with Crippen molar-refractivity contribution in [2.45, 2.75) is 57.4 Å². The lowest BCUT2D eigenvalue weighted by molar-refractivity contribution is -0.0510. The van der Waals surface area contributed by atoms with Gasteiger partial charge in [-0.2, -0.15) is 21.6 Å². The van der Waals surface area contributed by atoms with Gasteiger partial charge in [0.2, 0.25) is 0 Å². The number of rotatable bonds is 7. The van der Waals surface area contributed by atoms with E-state index in [1.807, 2.05) is 0 Å². The molecule has 0 aliphatic carbocycles. The molecule has 1 aliphatic rings. The molecule has 12 heteroatoms. The van der Waals surface area contributed by atoms with E-state index >= 15 is 0 Å². The van der Waals surface area contributed by atoms with Gasteiger partial charge in [0.1, 0.15) is 23.3 Å². The van der Waals surface area contributed by atoms with Gasteiger partial charge in [0.05, 0.1) is 11.6 Å². The molecule has 0 spiro atoms. The van der Waals surface area contributed by atoms with Crippen molar-refractivity contribution in [3.05, 3.63) is 83.7 Å². The van der Waals surface area contributed by atoms with Crippen LogP contribution < -0.4 is 4.74 Å².